The number of hydrogen-bond donors (Lipinski definition) is 0. The summed E-state index contributed by atoms with van der Waals surface area (Å²) in [5.74, 6) is 0.596. The van der Waals surface area contributed by atoms with Gasteiger partial charge in [0.05, 0.1) is 17.3 Å². The Balaban J connectivity index is 1.70. The van der Waals surface area contributed by atoms with Crippen molar-refractivity contribution in [3.8, 4) is 0 Å². The molecule has 1 fully saturated rings. The third-order valence-electron chi connectivity index (χ3n) is 3.46. The Morgan fingerprint density at radius 3 is 2.25 bits per heavy atom. The predicted octanol–water partition coefficient (Wildman–Crippen LogP) is 1.68. The zero-order valence-electron chi connectivity index (χ0n) is 11.4. The average Bonchev–Trinajstić information content (AvgIpc) is 2.46. The summed E-state index contributed by atoms with van der Waals surface area (Å²) in [5.41, 5.74) is 0. The lowest BCUT2D eigenvalue weighted by molar-refractivity contribution is 0.0579. The van der Waals surface area contributed by atoms with Crippen LogP contribution in [0.2, 0.25) is 0 Å². The molecule has 0 bridgehead atoms. The van der Waals surface area contributed by atoms with E-state index in [9.17, 15) is 13.0 Å². The Morgan fingerprint density at radius 1 is 1.05 bits per heavy atom. The molecule has 0 spiro atoms. The van der Waals surface area contributed by atoms with Gasteiger partial charge in [0.2, 0.25) is 0 Å². The summed E-state index contributed by atoms with van der Waals surface area (Å²) >= 11 is 0. The van der Waals surface area contributed by atoms with Gasteiger partial charge in [-0.2, -0.15) is 0 Å². The molecule has 6 heteroatoms. The molecule has 3 nitrogen and oxygen atoms in total. The summed E-state index contributed by atoms with van der Waals surface area (Å²) in [5, 5.41) is 0. The van der Waals surface area contributed by atoms with Crippen molar-refractivity contribution in [2.75, 3.05) is 45.0 Å². The van der Waals surface area contributed by atoms with Crippen LogP contribution >= 0.6 is 0 Å². The molecule has 0 unspecified atom stereocenters. The van der Waals surface area contributed by atoms with Gasteiger partial charge in [-0.15, -0.1) is 0 Å². The smallest absolute Gasteiger partial charge is 0.251 e. The second kappa shape index (κ2) is 7.81. The van der Waals surface area contributed by atoms with Crippen molar-refractivity contribution in [1.82, 2.24) is 9.80 Å². The maximum atomic E-state index is 12.3. The molecule has 20 heavy (non-hydrogen) atoms. The highest BCUT2D eigenvalue weighted by atomic mass is 32.2. The van der Waals surface area contributed by atoms with Crippen molar-refractivity contribution in [3.05, 3.63) is 30.3 Å². The highest BCUT2D eigenvalue weighted by Gasteiger charge is 2.19. The number of benzene rings is 1. The van der Waals surface area contributed by atoms with E-state index in [1.54, 1.807) is 4.90 Å². The van der Waals surface area contributed by atoms with Crippen molar-refractivity contribution in [3.63, 3.8) is 0 Å². The van der Waals surface area contributed by atoms with E-state index in [4.69, 9.17) is 0 Å². The van der Waals surface area contributed by atoms with E-state index >= 15 is 0 Å². The van der Waals surface area contributed by atoms with Crippen LogP contribution in [0.15, 0.2) is 35.2 Å². The molecule has 0 radical (unpaired) electrons. The molecular weight excluding hydrogens is 282 g/mol. The predicted molar refractivity (Wildman–Crippen MR) is 76.6 cm³/mol. The van der Waals surface area contributed by atoms with Gasteiger partial charge in [0.1, 0.15) is 0 Å². The molecule has 2 rings (SSSR count). The zero-order valence-corrected chi connectivity index (χ0v) is 12.2. The summed E-state index contributed by atoms with van der Waals surface area (Å²) in [6.07, 6.45) is -2.26. The van der Waals surface area contributed by atoms with Gasteiger partial charge in [0, 0.05) is 43.4 Å². The van der Waals surface area contributed by atoms with Crippen LogP contribution in [-0.4, -0.2) is 65.5 Å². The minimum atomic E-state index is -2.26. The molecule has 1 aliphatic rings. The van der Waals surface area contributed by atoms with E-state index in [-0.39, 0.29) is 6.54 Å². The quantitative estimate of drug-likeness (QED) is 0.799. The van der Waals surface area contributed by atoms with E-state index < -0.39 is 17.2 Å². The highest BCUT2D eigenvalue weighted by molar-refractivity contribution is 7.85. The summed E-state index contributed by atoms with van der Waals surface area (Å²) in [6.45, 7) is 3.51. The van der Waals surface area contributed by atoms with E-state index in [1.807, 2.05) is 30.3 Å². The monoisotopic (exact) mass is 302 g/mol. The molecule has 112 valence electrons. The summed E-state index contributed by atoms with van der Waals surface area (Å²) < 4.78 is 36.6. The van der Waals surface area contributed by atoms with Crippen LogP contribution in [0.25, 0.3) is 0 Å². The van der Waals surface area contributed by atoms with Gasteiger partial charge in [0.15, 0.2) is 0 Å². The standard InChI is InChI=1S/C14H20F2N2OS/c15-14(16)12-18-8-6-17(7-9-18)10-11-20(19)13-4-2-1-3-5-13/h1-5,14H,6-12H2/t20-/m1/s1. The molecule has 0 N–H and O–H groups in total. The minimum Gasteiger partial charge on any atom is -0.300 e. The summed E-state index contributed by atoms with van der Waals surface area (Å²) in [6, 6.07) is 9.42. The van der Waals surface area contributed by atoms with Gasteiger partial charge >= 0.3 is 0 Å². The van der Waals surface area contributed by atoms with E-state index in [1.165, 1.54) is 0 Å². The van der Waals surface area contributed by atoms with Crippen LogP contribution in [0.1, 0.15) is 0 Å². The molecule has 1 heterocycles. The van der Waals surface area contributed by atoms with E-state index in [0.717, 1.165) is 24.5 Å². The highest BCUT2D eigenvalue weighted by Crippen LogP contribution is 2.08. The van der Waals surface area contributed by atoms with Crippen LogP contribution in [0, 0.1) is 0 Å². The number of hydrogen-bond acceptors (Lipinski definition) is 3. The van der Waals surface area contributed by atoms with Crippen LogP contribution in [0.4, 0.5) is 8.78 Å². The molecule has 0 aliphatic carbocycles. The van der Waals surface area contributed by atoms with Crippen LogP contribution in [0.5, 0.6) is 0 Å². The lowest BCUT2D eigenvalue weighted by Crippen LogP contribution is -2.48. The van der Waals surface area contributed by atoms with Crippen LogP contribution in [-0.2, 0) is 10.8 Å². The maximum Gasteiger partial charge on any atom is 0.251 e. The van der Waals surface area contributed by atoms with E-state index in [2.05, 4.69) is 4.90 Å². The van der Waals surface area contributed by atoms with Gasteiger partial charge in [-0.05, 0) is 12.1 Å². The van der Waals surface area contributed by atoms with Crippen molar-refractivity contribution in [1.29, 1.82) is 0 Å². The Hall–Kier alpha value is -0.850. The normalized spacial score (nSPS) is 19.4. The van der Waals surface area contributed by atoms with Crippen LogP contribution in [0.3, 0.4) is 0 Å². The van der Waals surface area contributed by atoms with Gasteiger partial charge in [-0.3, -0.25) is 14.0 Å². The number of halogens is 2. The first-order chi connectivity index (χ1) is 9.65. The largest absolute Gasteiger partial charge is 0.300 e. The fourth-order valence-electron chi connectivity index (χ4n) is 2.29. The molecule has 1 aromatic carbocycles. The lowest BCUT2D eigenvalue weighted by Gasteiger charge is -2.34. The van der Waals surface area contributed by atoms with Gasteiger partial charge in [-0.1, -0.05) is 18.2 Å². The molecule has 1 saturated heterocycles. The van der Waals surface area contributed by atoms with E-state index in [0.29, 0.717) is 18.8 Å². The Kier molecular flexibility index (Phi) is 6.06. The Labute approximate surface area is 121 Å². The second-order valence-corrected chi connectivity index (χ2v) is 6.47. The number of rotatable bonds is 6. The number of alkyl halides is 2. The van der Waals surface area contributed by atoms with Gasteiger partial charge in [-0.25, -0.2) is 8.78 Å². The van der Waals surface area contributed by atoms with Crippen molar-refractivity contribution in [2.24, 2.45) is 0 Å². The number of nitrogens with zero attached hydrogens (tertiary/aromatic N) is 2. The topological polar surface area (TPSA) is 23.6 Å². The molecule has 1 aliphatic heterocycles. The third kappa shape index (κ3) is 4.92. The van der Waals surface area contributed by atoms with Crippen LogP contribution < -0.4 is 0 Å². The molecule has 0 aromatic heterocycles. The minimum absolute atomic E-state index is 0.135. The molecule has 1 aromatic rings. The fourth-order valence-corrected chi connectivity index (χ4v) is 3.41. The zero-order chi connectivity index (χ0) is 14.4. The Bertz CT molecular complexity index is 422. The molecule has 0 saturated carbocycles. The molecule has 1 atom stereocenters. The fraction of sp³-hybridized carbons (Fsp3) is 0.571. The Morgan fingerprint density at radius 2 is 1.65 bits per heavy atom. The molecular formula is C14H20F2N2OS. The summed E-state index contributed by atoms with van der Waals surface area (Å²) in [4.78, 5) is 4.84. The number of piperazine rings is 1. The van der Waals surface area contributed by atoms with Gasteiger partial charge in [0.25, 0.3) is 6.43 Å². The van der Waals surface area contributed by atoms with Crippen molar-refractivity contribution < 1.29 is 13.0 Å². The maximum absolute atomic E-state index is 12.3. The van der Waals surface area contributed by atoms with Gasteiger partial charge < -0.3 is 0 Å². The molecule has 0 amide bonds. The first-order valence-electron chi connectivity index (χ1n) is 6.81. The van der Waals surface area contributed by atoms with Crippen molar-refractivity contribution >= 4 is 10.8 Å². The average molecular weight is 302 g/mol. The first kappa shape index (κ1) is 15.5. The SMILES string of the molecule is O=[S@](CCN1CCN(CC(F)F)CC1)c1ccccc1. The second-order valence-electron chi connectivity index (χ2n) is 4.90. The first-order valence-corrected chi connectivity index (χ1v) is 8.13. The summed E-state index contributed by atoms with van der Waals surface area (Å²) in [7, 11) is -0.978. The third-order valence-corrected chi connectivity index (χ3v) is 4.81. The van der Waals surface area contributed by atoms with Crippen molar-refractivity contribution in [2.45, 2.75) is 11.3 Å². The lowest BCUT2D eigenvalue weighted by atomic mass is 10.3.